The topological polar surface area (TPSA) is 32.3 Å². The second kappa shape index (κ2) is 3.82. The van der Waals surface area contributed by atoms with Gasteiger partial charge in [0.05, 0.1) is 0 Å². The van der Waals surface area contributed by atoms with E-state index in [1.54, 1.807) is 11.3 Å². The van der Waals surface area contributed by atoms with E-state index in [0.29, 0.717) is 11.8 Å². The van der Waals surface area contributed by atoms with Crippen LogP contribution < -0.4 is 5.32 Å². The molecule has 2 aliphatic rings. The minimum Gasteiger partial charge on any atom is -0.320 e. The van der Waals surface area contributed by atoms with Crippen molar-refractivity contribution in [2.75, 3.05) is 6.54 Å². The quantitative estimate of drug-likeness (QED) is 0.893. The summed E-state index contributed by atoms with van der Waals surface area (Å²) < 4.78 is 0. The van der Waals surface area contributed by atoms with Gasteiger partial charge in [-0.05, 0) is 30.2 Å². The molecule has 4 heteroatoms. The average molecular weight is 250 g/mol. The van der Waals surface area contributed by atoms with Crippen LogP contribution in [-0.4, -0.2) is 22.9 Å². The van der Waals surface area contributed by atoms with Crippen LogP contribution in [0, 0.1) is 5.92 Å². The Morgan fingerprint density at radius 3 is 2.88 bits per heavy atom. The van der Waals surface area contributed by atoms with Crippen LogP contribution in [-0.2, 0) is 4.79 Å². The van der Waals surface area contributed by atoms with Crippen molar-refractivity contribution >= 4 is 17.2 Å². The number of amides is 1. The number of hydrogen-bond acceptors (Lipinski definition) is 3. The first-order valence-electron chi connectivity index (χ1n) is 6.24. The molecule has 1 atom stereocenters. The lowest BCUT2D eigenvalue weighted by Crippen LogP contribution is -2.34. The molecule has 0 radical (unpaired) electrons. The highest BCUT2D eigenvalue weighted by molar-refractivity contribution is 7.10. The summed E-state index contributed by atoms with van der Waals surface area (Å²) >= 11 is 1.73. The molecule has 1 spiro atoms. The highest BCUT2D eigenvalue weighted by Crippen LogP contribution is 2.46. The predicted octanol–water partition coefficient (Wildman–Crippen LogP) is 2.37. The lowest BCUT2D eigenvalue weighted by atomic mass is 10.2. The van der Waals surface area contributed by atoms with E-state index in [1.807, 2.05) is 4.90 Å². The van der Waals surface area contributed by atoms with Crippen LogP contribution in [0.5, 0.6) is 0 Å². The van der Waals surface area contributed by atoms with E-state index in [0.717, 1.165) is 19.4 Å². The maximum Gasteiger partial charge on any atom is 0.244 e. The molecule has 92 valence electrons. The molecular formula is C13H18N2OS. The number of nitrogens with one attached hydrogen (secondary N) is 1. The van der Waals surface area contributed by atoms with Gasteiger partial charge >= 0.3 is 0 Å². The van der Waals surface area contributed by atoms with Gasteiger partial charge in [-0.25, -0.2) is 0 Å². The van der Waals surface area contributed by atoms with E-state index in [2.05, 4.69) is 36.7 Å². The van der Waals surface area contributed by atoms with Crippen molar-refractivity contribution in [2.45, 2.75) is 38.4 Å². The van der Waals surface area contributed by atoms with Crippen molar-refractivity contribution in [1.29, 1.82) is 0 Å². The van der Waals surface area contributed by atoms with Crippen molar-refractivity contribution in [3.05, 3.63) is 22.4 Å². The average Bonchev–Trinajstić information content (AvgIpc) is 2.76. The molecule has 1 amide bonds. The minimum absolute atomic E-state index is 0.104. The van der Waals surface area contributed by atoms with Crippen molar-refractivity contribution in [3.8, 4) is 0 Å². The summed E-state index contributed by atoms with van der Waals surface area (Å²) in [5.41, 5.74) is -0.205. The standard InChI is InChI=1S/C13H18N2OS/c1-9(2)8-15-11(10-4-3-7-17-10)14-13(5-6-13)12(15)16/h3-4,7,9,11,14H,5-6,8H2,1-2H3. The number of hydrogen-bond donors (Lipinski definition) is 1. The number of rotatable bonds is 3. The normalized spacial score (nSPS) is 26.2. The first-order valence-corrected chi connectivity index (χ1v) is 7.12. The monoisotopic (exact) mass is 250 g/mol. The third kappa shape index (κ3) is 1.79. The maximum atomic E-state index is 12.4. The molecule has 3 rings (SSSR count). The Kier molecular flexibility index (Phi) is 2.52. The van der Waals surface area contributed by atoms with Gasteiger partial charge in [0.15, 0.2) is 0 Å². The molecule has 1 saturated carbocycles. The van der Waals surface area contributed by atoms with Gasteiger partial charge in [0, 0.05) is 11.4 Å². The number of carbonyl (C=O) groups is 1. The maximum absolute atomic E-state index is 12.4. The zero-order valence-corrected chi connectivity index (χ0v) is 11.1. The SMILES string of the molecule is CC(C)CN1C(=O)C2(CC2)NC1c1cccs1. The minimum atomic E-state index is -0.205. The highest BCUT2D eigenvalue weighted by atomic mass is 32.1. The molecule has 1 unspecified atom stereocenters. The van der Waals surface area contributed by atoms with E-state index in [1.165, 1.54) is 4.88 Å². The third-order valence-electron chi connectivity index (χ3n) is 3.52. The zero-order chi connectivity index (χ0) is 12.0. The van der Waals surface area contributed by atoms with Crippen LogP contribution in [0.1, 0.15) is 37.7 Å². The van der Waals surface area contributed by atoms with Crippen molar-refractivity contribution in [2.24, 2.45) is 5.92 Å². The summed E-state index contributed by atoms with van der Waals surface area (Å²) in [6.45, 7) is 5.17. The molecule has 17 heavy (non-hydrogen) atoms. The largest absolute Gasteiger partial charge is 0.320 e. The Morgan fingerprint density at radius 1 is 1.59 bits per heavy atom. The first kappa shape index (κ1) is 11.2. The van der Waals surface area contributed by atoms with Crippen LogP contribution in [0.25, 0.3) is 0 Å². The highest BCUT2D eigenvalue weighted by Gasteiger charge is 2.59. The molecule has 2 heterocycles. The van der Waals surface area contributed by atoms with Crippen LogP contribution >= 0.6 is 11.3 Å². The molecule has 2 fully saturated rings. The lowest BCUT2D eigenvalue weighted by molar-refractivity contribution is -0.131. The van der Waals surface area contributed by atoms with E-state index in [-0.39, 0.29) is 11.7 Å². The fraction of sp³-hybridized carbons (Fsp3) is 0.615. The number of thiophene rings is 1. The summed E-state index contributed by atoms with van der Waals surface area (Å²) in [5.74, 6) is 0.821. The zero-order valence-electron chi connectivity index (χ0n) is 10.3. The van der Waals surface area contributed by atoms with Crippen molar-refractivity contribution in [1.82, 2.24) is 10.2 Å². The summed E-state index contributed by atoms with van der Waals surface area (Å²) in [5, 5.41) is 5.61. The number of carbonyl (C=O) groups excluding carboxylic acids is 1. The second-order valence-electron chi connectivity index (χ2n) is 5.50. The van der Waals surface area contributed by atoms with Gasteiger partial charge in [-0.3, -0.25) is 10.1 Å². The summed E-state index contributed by atoms with van der Waals surface area (Å²) in [6, 6.07) is 4.17. The summed E-state index contributed by atoms with van der Waals surface area (Å²) in [7, 11) is 0. The van der Waals surface area contributed by atoms with Gasteiger partial charge in [-0.15, -0.1) is 11.3 Å². The Bertz CT molecular complexity index is 423. The van der Waals surface area contributed by atoms with E-state index >= 15 is 0 Å². The Labute approximate surface area is 106 Å². The number of nitrogens with zero attached hydrogens (tertiary/aromatic N) is 1. The molecule has 1 aromatic heterocycles. The molecule has 1 N–H and O–H groups in total. The lowest BCUT2D eigenvalue weighted by Gasteiger charge is -2.25. The molecular weight excluding hydrogens is 232 g/mol. The Morgan fingerprint density at radius 2 is 2.35 bits per heavy atom. The van der Waals surface area contributed by atoms with Crippen molar-refractivity contribution < 1.29 is 4.79 Å². The van der Waals surface area contributed by atoms with Crippen LogP contribution in [0.2, 0.25) is 0 Å². The molecule has 0 bridgehead atoms. The van der Waals surface area contributed by atoms with E-state index in [4.69, 9.17) is 0 Å². The van der Waals surface area contributed by atoms with Gasteiger partial charge in [-0.2, -0.15) is 0 Å². The predicted molar refractivity (Wildman–Crippen MR) is 68.7 cm³/mol. The second-order valence-corrected chi connectivity index (χ2v) is 6.48. The van der Waals surface area contributed by atoms with Crippen LogP contribution in [0.15, 0.2) is 17.5 Å². The van der Waals surface area contributed by atoms with Gasteiger partial charge in [0.1, 0.15) is 11.7 Å². The van der Waals surface area contributed by atoms with E-state index in [9.17, 15) is 4.79 Å². The summed E-state index contributed by atoms with van der Waals surface area (Å²) in [6.07, 6.45) is 2.11. The van der Waals surface area contributed by atoms with E-state index < -0.39 is 0 Å². The van der Waals surface area contributed by atoms with Gasteiger partial charge in [0.25, 0.3) is 0 Å². The van der Waals surface area contributed by atoms with Gasteiger partial charge in [-0.1, -0.05) is 19.9 Å². The van der Waals surface area contributed by atoms with Crippen LogP contribution in [0.4, 0.5) is 0 Å². The summed E-state index contributed by atoms with van der Waals surface area (Å²) in [4.78, 5) is 15.7. The first-order chi connectivity index (χ1) is 8.12. The molecule has 1 aliphatic heterocycles. The van der Waals surface area contributed by atoms with Gasteiger partial charge < -0.3 is 4.90 Å². The Balaban J connectivity index is 1.88. The molecule has 1 aromatic rings. The van der Waals surface area contributed by atoms with Gasteiger partial charge in [0.2, 0.25) is 5.91 Å². The fourth-order valence-electron chi connectivity index (χ4n) is 2.53. The molecule has 0 aromatic carbocycles. The molecule has 1 aliphatic carbocycles. The van der Waals surface area contributed by atoms with Crippen LogP contribution in [0.3, 0.4) is 0 Å². The molecule has 1 saturated heterocycles. The molecule has 3 nitrogen and oxygen atoms in total. The Hall–Kier alpha value is -0.870. The fourth-order valence-corrected chi connectivity index (χ4v) is 3.32. The smallest absolute Gasteiger partial charge is 0.244 e. The van der Waals surface area contributed by atoms with Crippen molar-refractivity contribution in [3.63, 3.8) is 0 Å². The third-order valence-corrected chi connectivity index (χ3v) is 4.44.